The minimum atomic E-state index is -0.707. The molecular weight excluding hydrogens is 454 g/mol. The minimum absolute atomic E-state index is 0.0568. The van der Waals surface area contributed by atoms with Gasteiger partial charge in [-0.25, -0.2) is 9.48 Å². The van der Waals surface area contributed by atoms with E-state index in [9.17, 15) is 19.7 Å². The van der Waals surface area contributed by atoms with Crippen LogP contribution in [0.25, 0.3) is 5.69 Å². The van der Waals surface area contributed by atoms with Gasteiger partial charge in [0, 0.05) is 36.6 Å². The van der Waals surface area contributed by atoms with Gasteiger partial charge in [-0.15, -0.1) is 0 Å². The van der Waals surface area contributed by atoms with Gasteiger partial charge in [0.2, 0.25) is 5.69 Å². The highest BCUT2D eigenvalue weighted by molar-refractivity contribution is 5.93. The first-order chi connectivity index (χ1) is 16.9. The molecule has 0 saturated carbocycles. The fourth-order valence-electron chi connectivity index (χ4n) is 3.74. The average molecular weight is 479 g/mol. The maximum atomic E-state index is 12.5. The Hall–Kier alpha value is -4.41. The molecule has 1 aromatic heterocycles. The van der Waals surface area contributed by atoms with Gasteiger partial charge in [0.05, 0.1) is 23.4 Å². The summed E-state index contributed by atoms with van der Waals surface area (Å²) in [6.07, 6.45) is 3.79. The molecule has 0 unspecified atom stereocenters. The van der Waals surface area contributed by atoms with E-state index in [0.29, 0.717) is 11.4 Å². The lowest BCUT2D eigenvalue weighted by Crippen LogP contribution is -2.21. The molecule has 1 saturated heterocycles. The van der Waals surface area contributed by atoms with Gasteiger partial charge >= 0.3 is 5.97 Å². The number of carbonyl (C=O) groups excluding carboxylic acids is 2. The monoisotopic (exact) mass is 479 g/mol. The van der Waals surface area contributed by atoms with Crippen LogP contribution >= 0.6 is 0 Å². The summed E-state index contributed by atoms with van der Waals surface area (Å²) in [6.45, 7) is 3.52. The summed E-state index contributed by atoms with van der Waals surface area (Å²) < 4.78 is 12.0. The van der Waals surface area contributed by atoms with Gasteiger partial charge < -0.3 is 19.7 Å². The summed E-state index contributed by atoms with van der Waals surface area (Å²) in [4.78, 5) is 37.5. The van der Waals surface area contributed by atoms with Crippen LogP contribution in [0.2, 0.25) is 0 Å². The minimum Gasteiger partial charge on any atom is -0.480 e. The number of benzene rings is 2. The largest absolute Gasteiger partial charge is 0.480 e. The molecule has 3 aromatic rings. The number of aromatic nitrogens is 2. The van der Waals surface area contributed by atoms with Crippen LogP contribution in [0, 0.1) is 10.1 Å². The van der Waals surface area contributed by atoms with Crippen LogP contribution in [0.1, 0.15) is 30.3 Å². The van der Waals surface area contributed by atoms with E-state index >= 15 is 0 Å². The van der Waals surface area contributed by atoms with Crippen LogP contribution in [-0.4, -0.2) is 52.9 Å². The molecule has 2 aromatic carbocycles. The van der Waals surface area contributed by atoms with Gasteiger partial charge in [-0.3, -0.25) is 14.9 Å². The molecule has 35 heavy (non-hydrogen) atoms. The zero-order chi connectivity index (χ0) is 24.8. The maximum absolute atomic E-state index is 12.5. The molecule has 0 bridgehead atoms. The summed E-state index contributed by atoms with van der Waals surface area (Å²) in [5.74, 6) is -1.06. The van der Waals surface area contributed by atoms with Crippen LogP contribution in [0.3, 0.4) is 0 Å². The molecule has 182 valence electrons. The fourth-order valence-corrected chi connectivity index (χ4v) is 3.74. The molecule has 1 aliphatic heterocycles. The molecule has 0 radical (unpaired) electrons. The molecule has 0 atom stereocenters. The Morgan fingerprint density at radius 1 is 1.06 bits per heavy atom. The van der Waals surface area contributed by atoms with E-state index in [-0.39, 0.29) is 30.3 Å². The van der Waals surface area contributed by atoms with Crippen molar-refractivity contribution in [3.63, 3.8) is 0 Å². The second-order valence-corrected chi connectivity index (χ2v) is 7.86. The number of rotatable bonds is 9. The van der Waals surface area contributed by atoms with Gasteiger partial charge in [-0.05, 0) is 56.2 Å². The number of non-ortho nitro benzene ring substituents is 1. The third kappa shape index (κ3) is 5.75. The smallest absolute Gasteiger partial charge is 0.362 e. The Morgan fingerprint density at radius 3 is 2.34 bits per heavy atom. The Kier molecular flexibility index (Phi) is 7.24. The molecule has 11 nitrogen and oxygen atoms in total. The van der Waals surface area contributed by atoms with Crippen molar-refractivity contribution in [1.82, 2.24) is 9.78 Å². The standard InChI is InChI=1S/C24H25N5O6/c1-2-34-24(31)23-21(15-28(26-23)19-9-11-20(12-10-19)29(32)33)35-16-22(30)25-17-5-7-18(8-6-17)27-13-3-4-14-27/h5-12,15H,2-4,13-14,16H2,1H3,(H,25,30). The van der Waals surface area contributed by atoms with Crippen LogP contribution < -0.4 is 15.0 Å². The number of nitrogens with zero attached hydrogens (tertiary/aromatic N) is 4. The summed E-state index contributed by atoms with van der Waals surface area (Å²) in [7, 11) is 0. The topological polar surface area (TPSA) is 129 Å². The lowest BCUT2D eigenvalue weighted by atomic mass is 10.2. The highest BCUT2D eigenvalue weighted by Crippen LogP contribution is 2.24. The number of ether oxygens (including phenoxy) is 2. The van der Waals surface area contributed by atoms with E-state index in [4.69, 9.17) is 9.47 Å². The molecule has 1 N–H and O–H groups in total. The highest BCUT2D eigenvalue weighted by atomic mass is 16.6. The third-order valence-corrected chi connectivity index (χ3v) is 5.46. The van der Waals surface area contributed by atoms with Crippen molar-refractivity contribution in [3.8, 4) is 11.4 Å². The van der Waals surface area contributed by atoms with Crippen molar-refractivity contribution in [2.24, 2.45) is 0 Å². The Balaban J connectivity index is 1.43. The van der Waals surface area contributed by atoms with E-state index in [0.717, 1.165) is 18.8 Å². The fraction of sp³-hybridized carbons (Fsp3) is 0.292. The van der Waals surface area contributed by atoms with Crippen LogP contribution in [-0.2, 0) is 9.53 Å². The molecular formula is C24H25N5O6. The van der Waals surface area contributed by atoms with E-state index in [1.54, 1.807) is 6.92 Å². The van der Waals surface area contributed by atoms with E-state index < -0.39 is 16.8 Å². The van der Waals surface area contributed by atoms with Crippen molar-refractivity contribution in [2.45, 2.75) is 19.8 Å². The molecule has 4 rings (SSSR count). The van der Waals surface area contributed by atoms with Crippen molar-refractivity contribution in [3.05, 3.63) is 70.5 Å². The molecule has 0 aliphatic carbocycles. The van der Waals surface area contributed by atoms with Crippen molar-refractivity contribution in [2.75, 3.05) is 36.5 Å². The number of esters is 1. The van der Waals surface area contributed by atoms with E-state index in [2.05, 4.69) is 15.3 Å². The summed E-state index contributed by atoms with van der Waals surface area (Å²) in [5, 5.41) is 17.9. The van der Waals surface area contributed by atoms with Gasteiger partial charge in [0.1, 0.15) is 0 Å². The van der Waals surface area contributed by atoms with Crippen LogP contribution in [0.5, 0.6) is 5.75 Å². The highest BCUT2D eigenvalue weighted by Gasteiger charge is 2.21. The first kappa shape index (κ1) is 23.7. The number of anilines is 2. The quantitative estimate of drug-likeness (QED) is 0.280. The Bertz CT molecular complexity index is 1200. The maximum Gasteiger partial charge on any atom is 0.362 e. The molecule has 1 aliphatic rings. The lowest BCUT2D eigenvalue weighted by molar-refractivity contribution is -0.384. The Morgan fingerprint density at radius 2 is 1.71 bits per heavy atom. The normalized spacial score (nSPS) is 12.9. The lowest BCUT2D eigenvalue weighted by Gasteiger charge is -2.17. The number of hydrogen-bond donors (Lipinski definition) is 1. The van der Waals surface area contributed by atoms with Crippen molar-refractivity contribution < 1.29 is 24.0 Å². The summed E-state index contributed by atoms with van der Waals surface area (Å²) in [6, 6.07) is 13.2. The van der Waals surface area contributed by atoms with Gasteiger partial charge in [0.15, 0.2) is 12.4 Å². The van der Waals surface area contributed by atoms with Gasteiger partial charge in [-0.1, -0.05) is 0 Å². The summed E-state index contributed by atoms with van der Waals surface area (Å²) >= 11 is 0. The Labute approximate surface area is 201 Å². The van der Waals surface area contributed by atoms with E-state index in [1.807, 2.05) is 24.3 Å². The first-order valence-electron chi connectivity index (χ1n) is 11.2. The summed E-state index contributed by atoms with van der Waals surface area (Å²) in [5.41, 5.74) is 2.04. The van der Waals surface area contributed by atoms with Crippen molar-refractivity contribution in [1.29, 1.82) is 0 Å². The van der Waals surface area contributed by atoms with Crippen LogP contribution in [0.15, 0.2) is 54.7 Å². The first-order valence-corrected chi connectivity index (χ1v) is 11.2. The third-order valence-electron chi connectivity index (χ3n) is 5.46. The number of amides is 1. The second-order valence-electron chi connectivity index (χ2n) is 7.86. The SMILES string of the molecule is CCOC(=O)c1nn(-c2ccc([N+](=O)[O-])cc2)cc1OCC(=O)Nc1ccc(N2CCCC2)cc1. The van der Waals surface area contributed by atoms with Gasteiger partial charge in [0.25, 0.3) is 11.6 Å². The number of nitro benzene ring substituents is 1. The zero-order valence-electron chi connectivity index (χ0n) is 19.2. The molecule has 1 amide bonds. The van der Waals surface area contributed by atoms with Gasteiger partial charge in [-0.2, -0.15) is 5.10 Å². The predicted molar refractivity (Wildman–Crippen MR) is 128 cm³/mol. The second kappa shape index (κ2) is 10.7. The molecule has 1 fully saturated rings. The van der Waals surface area contributed by atoms with Crippen molar-refractivity contribution >= 4 is 28.9 Å². The number of nitro groups is 1. The number of hydrogen-bond acceptors (Lipinski definition) is 8. The number of carbonyl (C=O) groups is 2. The zero-order valence-corrected chi connectivity index (χ0v) is 19.2. The number of nitrogens with one attached hydrogen (secondary N) is 1. The van der Waals surface area contributed by atoms with Crippen LogP contribution in [0.4, 0.5) is 17.1 Å². The van der Waals surface area contributed by atoms with E-state index in [1.165, 1.54) is 48.0 Å². The average Bonchev–Trinajstić information content (AvgIpc) is 3.54. The molecule has 11 heteroatoms. The predicted octanol–water partition coefficient (Wildman–Crippen LogP) is 3.57. The molecule has 0 spiro atoms. The molecule has 2 heterocycles.